The number of nitrogens with two attached hydrogens (primary N) is 1. The van der Waals surface area contributed by atoms with Gasteiger partial charge in [0.2, 0.25) is 5.91 Å². The van der Waals surface area contributed by atoms with E-state index in [1.165, 1.54) is 12.1 Å². The zero-order chi connectivity index (χ0) is 16.3. The molecule has 130 valence electrons. The first kappa shape index (κ1) is 19.9. The molecule has 5 nitrogen and oxygen atoms in total. The third-order valence-electron chi connectivity index (χ3n) is 3.92. The molecule has 0 saturated carbocycles. The van der Waals surface area contributed by atoms with E-state index in [2.05, 4.69) is 0 Å². The maximum absolute atomic E-state index is 12.9. The van der Waals surface area contributed by atoms with E-state index in [0.29, 0.717) is 13.1 Å². The molecule has 0 spiro atoms. The van der Waals surface area contributed by atoms with E-state index >= 15 is 0 Å². The number of hydrogen-bond donors (Lipinski definition) is 1. The molecule has 0 aliphatic carbocycles. The van der Waals surface area contributed by atoms with Crippen molar-refractivity contribution in [2.24, 2.45) is 11.7 Å². The molecule has 1 unspecified atom stereocenters. The van der Waals surface area contributed by atoms with Crippen molar-refractivity contribution in [1.29, 1.82) is 0 Å². The summed E-state index contributed by atoms with van der Waals surface area (Å²) in [7, 11) is -3.61. The van der Waals surface area contributed by atoms with Crippen molar-refractivity contribution in [3.8, 4) is 0 Å². The van der Waals surface area contributed by atoms with E-state index in [9.17, 15) is 17.6 Å². The minimum Gasteiger partial charge on any atom is -0.342 e. The van der Waals surface area contributed by atoms with Gasteiger partial charge in [-0.25, -0.2) is 12.8 Å². The van der Waals surface area contributed by atoms with E-state index in [4.69, 9.17) is 5.73 Å². The molecule has 0 bridgehead atoms. The van der Waals surface area contributed by atoms with Crippen LogP contribution in [0.1, 0.15) is 19.8 Å². The Balaban J connectivity index is 0.00000264. The topological polar surface area (TPSA) is 80.5 Å². The van der Waals surface area contributed by atoms with E-state index in [0.717, 1.165) is 25.0 Å². The summed E-state index contributed by atoms with van der Waals surface area (Å²) in [4.78, 5) is 14.0. The van der Waals surface area contributed by atoms with Gasteiger partial charge < -0.3 is 10.6 Å². The highest BCUT2D eigenvalue weighted by atomic mass is 35.5. The van der Waals surface area contributed by atoms with Crippen molar-refractivity contribution in [1.82, 2.24) is 4.90 Å². The van der Waals surface area contributed by atoms with Crippen LogP contribution in [-0.2, 0) is 14.6 Å². The van der Waals surface area contributed by atoms with Gasteiger partial charge in [-0.1, -0.05) is 6.92 Å². The number of rotatable bonds is 4. The standard InChI is InChI=1S/C15H21FN2O3S.ClH/c1-11(15(19)18-8-6-13(17)7-9-18)10-22(20,21)14-4-2-12(16)3-5-14;/h2-5,11,13H,6-10,17H2,1H3;1H. The van der Waals surface area contributed by atoms with Crippen LogP contribution in [0.2, 0.25) is 0 Å². The maximum Gasteiger partial charge on any atom is 0.226 e. The van der Waals surface area contributed by atoms with Crippen molar-refractivity contribution in [3.63, 3.8) is 0 Å². The first-order chi connectivity index (χ1) is 10.3. The Morgan fingerprint density at radius 3 is 2.35 bits per heavy atom. The summed E-state index contributed by atoms with van der Waals surface area (Å²) >= 11 is 0. The number of carbonyl (C=O) groups is 1. The summed E-state index contributed by atoms with van der Waals surface area (Å²) < 4.78 is 37.4. The average Bonchev–Trinajstić information content (AvgIpc) is 2.47. The minimum atomic E-state index is -3.61. The lowest BCUT2D eigenvalue weighted by Gasteiger charge is -2.32. The normalized spacial score (nSPS) is 17.4. The van der Waals surface area contributed by atoms with Crippen LogP contribution in [-0.4, -0.2) is 44.1 Å². The number of sulfone groups is 1. The molecule has 1 aromatic carbocycles. The second-order valence-electron chi connectivity index (χ2n) is 5.80. The molecular formula is C15H22ClFN2O3S. The van der Waals surface area contributed by atoms with Gasteiger partial charge in [0.25, 0.3) is 0 Å². The van der Waals surface area contributed by atoms with Crippen molar-refractivity contribution in [2.75, 3.05) is 18.8 Å². The Morgan fingerprint density at radius 2 is 1.83 bits per heavy atom. The fraction of sp³-hybridized carbons (Fsp3) is 0.533. The summed E-state index contributed by atoms with van der Waals surface area (Å²) in [6, 6.07) is 4.77. The fourth-order valence-corrected chi connectivity index (χ4v) is 4.11. The van der Waals surface area contributed by atoms with Crippen LogP contribution in [0.5, 0.6) is 0 Å². The van der Waals surface area contributed by atoms with Gasteiger partial charge in [0.05, 0.1) is 10.6 Å². The summed E-state index contributed by atoms with van der Waals surface area (Å²) in [5.74, 6) is -1.57. The van der Waals surface area contributed by atoms with Gasteiger partial charge in [-0.05, 0) is 37.1 Å². The number of halogens is 2. The van der Waals surface area contributed by atoms with E-state index < -0.39 is 21.6 Å². The fourth-order valence-electron chi connectivity index (χ4n) is 2.57. The smallest absolute Gasteiger partial charge is 0.226 e. The van der Waals surface area contributed by atoms with Crippen LogP contribution in [0, 0.1) is 11.7 Å². The monoisotopic (exact) mass is 364 g/mol. The van der Waals surface area contributed by atoms with Gasteiger partial charge >= 0.3 is 0 Å². The highest BCUT2D eigenvalue weighted by molar-refractivity contribution is 7.91. The van der Waals surface area contributed by atoms with Crippen LogP contribution in [0.4, 0.5) is 4.39 Å². The number of piperidine rings is 1. The van der Waals surface area contributed by atoms with Gasteiger partial charge in [-0.3, -0.25) is 4.79 Å². The molecule has 8 heteroatoms. The second-order valence-corrected chi connectivity index (χ2v) is 7.83. The number of nitrogens with zero attached hydrogens (tertiary/aromatic N) is 1. The Hall–Kier alpha value is -1.18. The van der Waals surface area contributed by atoms with Crippen LogP contribution in [0.3, 0.4) is 0 Å². The highest BCUT2D eigenvalue weighted by Gasteiger charge is 2.28. The van der Waals surface area contributed by atoms with E-state index in [1.54, 1.807) is 11.8 Å². The molecule has 1 heterocycles. The van der Waals surface area contributed by atoms with Crippen LogP contribution in [0.25, 0.3) is 0 Å². The Kier molecular flexibility index (Phi) is 6.98. The van der Waals surface area contributed by atoms with Crippen molar-refractivity contribution in [3.05, 3.63) is 30.1 Å². The van der Waals surface area contributed by atoms with Crippen molar-refractivity contribution < 1.29 is 17.6 Å². The Morgan fingerprint density at radius 1 is 1.30 bits per heavy atom. The van der Waals surface area contributed by atoms with E-state index in [-0.39, 0.29) is 35.0 Å². The zero-order valence-electron chi connectivity index (χ0n) is 12.9. The maximum atomic E-state index is 12.9. The molecular weight excluding hydrogens is 343 g/mol. The van der Waals surface area contributed by atoms with Crippen molar-refractivity contribution in [2.45, 2.75) is 30.7 Å². The minimum absolute atomic E-state index is 0. The molecule has 1 atom stereocenters. The lowest BCUT2D eigenvalue weighted by Crippen LogP contribution is -2.45. The van der Waals surface area contributed by atoms with Crippen LogP contribution >= 0.6 is 12.4 Å². The molecule has 0 aromatic heterocycles. The number of benzene rings is 1. The van der Waals surface area contributed by atoms with Crippen LogP contribution in [0.15, 0.2) is 29.2 Å². The first-order valence-corrected chi connectivity index (χ1v) is 8.97. The number of hydrogen-bond acceptors (Lipinski definition) is 4. The predicted molar refractivity (Wildman–Crippen MR) is 88.7 cm³/mol. The molecule has 0 radical (unpaired) electrons. The quantitative estimate of drug-likeness (QED) is 0.823. The SMILES string of the molecule is CC(CS(=O)(=O)c1ccc(F)cc1)C(=O)N1CCC(N)CC1.Cl. The number of amides is 1. The summed E-state index contributed by atoms with van der Waals surface area (Å²) in [6.45, 7) is 2.75. The first-order valence-electron chi connectivity index (χ1n) is 7.32. The molecule has 1 saturated heterocycles. The average molecular weight is 365 g/mol. The molecule has 1 amide bonds. The van der Waals surface area contributed by atoms with Gasteiger partial charge in [0.15, 0.2) is 9.84 Å². The summed E-state index contributed by atoms with van der Waals surface area (Å²) in [6.07, 6.45) is 1.48. The molecule has 1 aliphatic heterocycles. The predicted octanol–water partition coefficient (Wildman–Crippen LogP) is 1.61. The van der Waals surface area contributed by atoms with E-state index in [1.807, 2.05) is 0 Å². The van der Waals surface area contributed by atoms with Crippen LogP contribution < -0.4 is 5.73 Å². The van der Waals surface area contributed by atoms with Gasteiger partial charge in [0, 0.05) is 25.0 Å². The molecule has 2 rings (SSSR count). The zero-order valence-corrected chi connectivity index (χ0v) is 14.6. The molecule has 2 N–H and O–H groups in total. The Labute approximate surface area is 142 Å². The largest absolute Gasteiger partial charge is 0.342 e. The number of likely N-dealkylation sites (tertiary alicyclic amines) is 1. The third kappa shape index (κ3) is 5.16. The van der Waals surface area contributed by atoms with Gasteiger partial charge in [0.1, 0.15) is 5.82 Å². The second kappa shape index (κ2) is 8.08. The van der Waals surface area contributed by atoms with Gasteiger partial charge in [-0.15, -0.1) is 12.4 Å². The van der Waals surface area contributed by atoms with Gasteiger partial charge in [-0.2, -0.15) is 0 Å². The molecule has 23 heavy (non-hydrogen) atoms. The third-order valence-corrected chi connectivity index (χ3v) is 5.84. The number of carbonyl (C=O) groups excluding carboxylic acids is 1. The lowest BCUT2D eigenvalue weighted by atomic mass is 10.0. The molecule has 1 aromatic rings. The lowest BCUT2D eigenvalue weighted by molar-refractivity contribution is -0.135. The van der Waals surface area contributed by atoms with Crippen molar-refractivity contribution >= 4 is 28.2 Å². The highest BCUT2D eigenvalue weighted by Crippen LogP contribution is 2.18. The summed E-state index contributed by atoms with van der Waals surface area (Å²) in [5.41, 5.74) is 5.80. The molecule has 1 fully saturated rings. The molecule has 1 aliphatic rings. The summed E-state index contributed by atoms with van der Waals surface area (Å²) in [5, 5.41) is 0. The Bertz CT molecular complexity index is 629.